The first-order chi connectivity index (χ1) is 15.4. The monoisotopic (exact) mass is 460 g/mol. The Morgan fingerprint density at radius 3 is 2.45 bits per heavy atom. The van der Waals surface area contributed by atoms with Crippen molar-refractivity contribution in [2.24, 2.45) is 46.3 Å². The molecule has 1 N–H and O–H groups in total. The third-order valence-corrected chi connectivity index (χ3v) is 10.5. The number of amides is 1. The van der Waals surface area contributed by atoms with Crippen molar-refractivity contribution >= 4 is 5.91 Å². The molecule has 3 aliphatic carbocycles. The Bertz CT molecular complexity index is 838. The summed E-state index contributed by atoms with van der Waals surface area (Å²) in [6, 6.07) is 0. The van der Waals surface area contributed by atoms with E-state index in [9.17, 15) is 20.0 Å². The predicted molar refractivity (Wildman–Crippen MR) is 129 cm³/mol. The van der Waals surface area contributed by atoms with Crippen molar-refractivity contribution in [3.63, 3.8) is 0 Å². The Kier molecular flexibility index (Phi) is 6.48. The molecule has 33 heavy (non-hydrogen) atoms. The normalized spacial score (nSPS) is 41.6. The van der Waals surface area contributed by atoms with Crippen molar-refractivity contribution in [2.45, 2.75) is 98.5 Å². The Morgan fingerprint density at radius 1 is 1.12 bits per heavy atom. The van der Waals surface area contributed by atoms with E-state index in [1.165, 1.54) is 30.6 Å². The van der Waals surface area contributed by atoms with Crippen molar-refractivity contribution in [1.82, 2.24) is 4.90 Å². The molecule has 2 saturated carbocycles. The zero-order valence-corrected chi connectivity index (χ0v) is 21.5. The highest BCUT2D eigenvalue weighted by Gasteiger charge is 2.65. The molecular formula is C27H44N2O4. The van der Waals surface area contributed by atoms with E-state index in [4.69, 9.17) is 0 Å². The summed E-state index contributed by atoms with van der Waals surface area (Å²) in [5.74, 6) is 2.33. The summed E-state index contributed by atoms with van der Waals surface area (Å²) in [5.41, 5.74) is 0.0903. The van der Waals surface area contributed by atoms with Crippen LogP contribution in [0.15, 0.2) is 11.4 Å². The van der Waals surface area contributed by atoms with Gasteiger partial charge in [-0.15, -0.1) is 0 Å². The number of nitro groups is 1. The number of allylic oxidation sites excluding steroid dienone is 1. The minimum Gasteiger partial charge on any atom is -0.381 e. The van der Waals surface area contributed by atoms with Gasteiger partial charge in [0, 0.05) is 24.8 Å². The van der Waals surface area contributed by atoms with Crippen LogP contribution in [0.5, 0.6) is 0 Å². The molecule has 1 unspecified atom stereocenters. The van der Waals surface area contributed by atoms with E-state index in [0.717, 1.165) is 25.2 Å². The smallest absolute Gasteiger partial charge is 0.294 e. The van der Waals surface area contributed by atoms with Crippen LogP contribution in [0.3, 0.4) is 0 Å². The molecule has 186 valence electrons. The van der Waals surface area contributed by atoms with Gasteiger partial charge in [0.1, 0.15) is 11.8 Å². The van der Waals surface area contributed by atoms with Crippen LogP contribution in [0.2, 0.25) is 0 Å². The fourth-order valence-corrected chi connectivity index (χ4v) is 8.91. The molecule has 4 aliphatic rings. The number of carbonyl (C=O) groups is 1. The number of aliphatic hydroxyl groups excluding tert-OH is 1. The molecule has 6 nitrogen and oxygen atoms in total. The maximum Gasteiger partial charge on any atom is 0.294 e. The molecular weight excluding hydrogens is 416 g/mol. The molecule has 0 radical (unpaired) electrons. The van der Waals surface area contributed by atoms with Crippen LogP contribution >= 0.6 is 0 Å². The largest absolute Gasteiger partial charge is 0.381 e. The van der Waals surface area contributed by atoms with E-state index in [1.807, 2.05) is 0 Å². The van der Waals surface area contributed by atoms with Crippen molar-refractivity contribution in [1.29, 1.82) is 0 Å². The first kappa shape index (κ1) is 24.7. The van der Waals surface area contributed by atoms with Crippen molar-refractivity contribution < 1.29 is 14.8 Å². The van der Waals surface area contributed by atoms with Crippen LogP contribution in [0.1, 0.15) is 92.4 Å². The zero-order valence-electron chi connectivity index (χ0n) is 21.5. The molecule has 4 rings (SSSR count). The van der Waals surface area contributed by atoms with Gasteiger partial charge < -0.3 is 10.0 Å². The van der Waals surface area contributed by atoms with E-state index < -0.39 is 16.4 Å². The summed E-state index contributed by atoms with van der Waals surface area (Å²) in [4.78, 5) is 25.8. The topological polar surface area (TPSA) is 83.7 Å². The summed E-state index contributed by atoms with van der Waals surface area (Å²) in [6.45, 7) is 11.5. The SMILES string of the molecule is CC(C)CCC[C@@H](C)[C@H]1CC[C@H]2[C@@H]3C(O)C([N+](=O)[O-])=C4N(C)C(=O)CC[C@]4(C)[C@H]3CC[C@]12C. The summed E-state index contributed by atoms with van der Waals surface area (Å²) in [5, 5.41) is 23.8. The van der Waals surface area contributed by atoms with E-state index in [-0.39, 0.29) is 28.9 Å². The van der Waals surface area contributed by atoms with E-state index >= 15 is 0 Å². The van der Waals surface area contributed by atoms with Crippen molar-refractivity contribution in [3.05, 3.63) is 21.5 Å². The molecule has 1 aliphatic heterocycles. The van der Waals surface area contributed by atoms with Crippen LogP contribution < -0.4 is 0 Å². The first-order valence-corrected chi connectivity index (χ1v) is 13.3. The summed E-state index contributed by atoms with van der Waals surface area (Å²) >= 11 is 0. The van der Waals surface area contributed by atoms with Gasteiger partial charge in [-0.25, -0.2) is 0 Å². The molecule has 0 aromatic heterocycles. The van der Waals surface area contributed by atoms with Crippen LogP contribution in [0, 0.1) is 56.5 Å². The second-order valence-corrected chi connectivity index (χ2v) is 12.6. The number of fused-ring (bicyclic) bond motifs is 5. The van der Waals surface area contributed by atoms with Gasteiger partial charge in [0.2, 0.25) is 5.91 Å². The van der Waals surface area contributed by atoms with Gasteiger partial charge in [0.25, 0.3) is 5.70 Å². The minimum absolute atomic E-state index is 0.0794. The number of likely N-dealkylation sites (tertiary alicyclic amines) is 1. The minimum atomic E-state index is -1.10. The van der Waals surface area contributed by atoms with Gasteiger partial charge in [-0.1, -0.05) is 53.9 Å². The molecule has 6 heteroatoms. The van der Waals surface area contributed by atoms with Crippen molar-refractivity contribution in [3.8, 4) is 0 Å². The van der Waals surface area contributed by atoms with Gasteiger partial charge in [-0.05, 0) is 67.1 Å². The summed E-state index contributed by atoms with van der Waals surface area (Å²) < 4.78 is 0. The average molecular weight is 461 g/mol. The number of nitrogens with zero attached hydrogens (tertiary/aromatic N) is 2. The fraction of sp³-hybridized carbons (Fsp3) is 0.889. The van der Waals surface area contributed by atoms with Crippen LogP contribution in [-0.2, 0) is 4.79 Å². The molecule has 0 aromatic rings. The second-order valence-electron chi connectivity index (χ2n) is 12.6. The molecule has 0 bridgehead atoms. The van der Waals surface area contributed by atoms with Crippen LogP contribution in [-0.4, -0.2) is 34.0 Å². The molecule has 1 heterocycles. The molecule has 0 aromatic carbocycles. The molecule has 1 amide bonds. The molecule has 8 atom stereocenters. The lowest BCUT2D eigenvalue weighted by Crippen LogP contribution is -2.59. The number of carbonyl (C=O) groups excluding carboxylic acids is 1. The van der Waals surface area contributed by atoms with Gasteiger partial charge in [0.05, 0.1) is 4.92 Å². The maximum absolute atomic E-state index is 12.5. The fourth-order valence-electron chi connectivity index (χ4n) is 8.91. The van der Waals surface area contributed by atoms with Gasteiger partial charge >= 0.3 is 0 Å². The third-order valence-electron chi connectivity index (χ3n) is 10.5. The Balaban J connectivity index is 1.67. The number of hydrogen-bond acceptors (Lipinski definition) is 4. The number of hydrogen-bond donors (Lipinski definition) is 1. The molecule has 3 fully saturated rings. The van der Waals surface area contributed by atoms with Crippen LogP contribution in [0.4, 0.5) is 0 Å². The third kappa shape index (κ3) is 3.75. The van der Waals surface area contributed by atoms with Gasteiger partial charge in [-0.3, -0.25) is 14.9 Å². The quantitative estimate of drug-likeness (QED) is 0.411. The standard InChI is InChI=1S/C27H44N2O4/c1-16(2)8-7-9-17(3)18-10-11-19-22-20(12-14-26(18,19)4)27(5)15-13-21(30)28(6)25(27)23(24(22)31)29(32)33/h16-20,22,24,31H,7-15H2,1-6H3/t17-,18-,19+,20+,22+,24?,26-,27-/m1/s1. The predicted octanol–water partition coefficient (Wildman–Crippen LogP) is 5.63. The summed E-state index contributed by atoms with van der Waals surface area (Å²) in [6.07, 6.45) is 8.09. The maximum atomic E-state index is 12.5. The highest BCUT2D eigenvalue weighted by molar-refractivity contribution is 5.79. The second kappa shape index (κ2) is 8.66. The van der Waals surface area contributed by atoms with Crippen molar-refractivity contribution in [2.75, 3.05) is 7.05 Å². The van der Waals surface area contributed by atoms with Gasteiger partial charge in [-0.2, -0.15) is 0 Å². The zero-order chi connectivity index (χ0) is 24.3. The Morgan fingerprint density at radius 2 is 1.82 bits per heavy atom. The molecule has 1 saturated heterocycles. The summed E-state index contributed by atoms with van der Waals surface area (Å²) in [7, 11) is 1.66. The first-order valence-electron chi connectivity index (χ1n) is 13.3. The Hall–Kier alpha value is -1.43. The number of piperidine rings is 1. The average Bonchev–Trinajstić information content (AvgIpc) is 3.09. The highest BCUT2D eigenvalue weighted by Crippen LogP contribution is 2.68. The number of rotatable bonds is 6. The lowest BCUT2D eigenvalue weighted by Gasteiger charge is -2.59. The lowest BCUT2D eigenvalue weighted by atomic mass is 9.47. The Labute approximate surface area is 199 Å². The molecule has 0 spiro atoms. The highest BCUT2D eigenvalue weighted by atomic mass is 16.6. The van der Waals surface area contributed by atoms with E-state index in [0.29, 0.717) is 36.3 Å². The van der Waals surface area contributed by atoms with E-state index in [2.05, 4.69) is 34.6 Å². The van der Waals surface area contributed by atoms with Gasteiger partial charge in [0.15, 0.2) is 0 Å². The van der Waals surface area contributed by atoms with E-state index in [1.54, 1.807) is 7.05 Å². The number of aliphatic hydroxyl groups is 1. The van der Waals surface area contributed by atoms with Crippen LogP contribution in [0.25, 0.3) is 0 Å². The lowest BCUT2D eigenvalue weighted by molar-refractivity contribution is -0.445.